The molecule has 2 fully saturated rings. The lowest BCUT2D eigenvalue weighted by atomic mass is 10.2. The molecule has 0 spiro atoms. The third-order valence-corrected chi connectivity index (χ3v) is 5.74. The lowest BCUT2D eigenvalue weighted by molar-refractivity contribution is -0.135. The molecule has 1 atom stereocenters. The van der Waals surface area contributed by atoms with E-state index in [0.29, 0.717) is 12.2 Å². The molecule has 1 saturated carbocycles. The van der Waals surface area contributed by atoms with Crippen molar-refractivity contribution in [3.05, 3.63) is 30.1 Å². The monoisotopic (exact) mass is 327 g/mol. The number of hydrogen-bond donors (Lipinski definition) is 0. The summed E-state index contributed by atoms with van der Waals surface area (Å²) >= 11 is 0. The van der Waals surface area contributed by atoms with Crippen LogP contribution in [0.5, 0.6) is 5.75 Å². The maximum absolute atomic E-state index is 13.1. The van der Waals surface area contributed by atoms with Gasteiger partial charge in [0.05, 0.1) is 11.5 Å². The van der Waals surface area contributed by atoms with E-state index in [1.54, 1.807) is 11.0 Å². The topological polar surface area (TPSA) is 63.7 Å². The van der Waals surface area contributed by atoms with Gasteiger partial charge in [0.15, 0.2) is 16.4 Å². The average molecular weight is 327 g/mol. The normalized spacial score (nSPS) is 23.2. The minimum absolute atomic E-state index is 0.0369. The Hall–Kier alpha value is -1.63. The number of amides is 1. The van der Waals surface area contributed by atoms with Gasteiger partial charge in [0.1, 0.15) is 11.6 Å². The third-order valence-electron chi connectivity index (χ3n) is 3.99. The molecule has 1 heterocycles. The van der Waals surface area contributed by atoms with Crippen LogP contribution in [0.1, 0.15) is 19.3 Å². The molecule has 1 saturated heterocycles. The van der Waals surface area contributed by atoms with Gasteiger partial charge in [-0.1, -0.05) is 6.07 Å². The molecule has 2 aliphatic rings. The van der Waals surface area contributed by atoms with Crippen molar-refractivity contribution in [1.82, 2.24) is 4.90 Å². The Kier molecular flexibility index (Phi) is 4.08. The molecule has 1 unspecified atom stereocenters. The number of nitrogens with zero attached hydrogens (tertiary/aromatic N) is 1. The minimum atomic E-state index is -3.04. The lowest BCUT2D eigenvalue weighted by Gasteiger charge is -2.28. The minimum Gasteiger partial charge on any atom is -0.484 e. The van der Waals surface area contributed by atoms with Crippen molar-refractivity contribution in [3.63, 3.8) is 0 Å². The van der Waals surface area contributed by atoms with E-state index in [0.717, 1.165) is 12.8 Å². The number of hydrogen-bond acceptors (Lipinski definition) is 4. The molecule has 1 aliphatic carbocycles. The zero-order valence-corrected chi connectivity index (χ0v) is 12.9. The summed E-state index contributed by atoms with van der Waals surface area (Å²) in [6.07, 6.45) is 2.30. The van der Waals surface area contributed by atoms with Crippen molar-refractivity contribution in [2.75, 3.05) is 18.1 Å². The number of rotatable bonds is 5. The summed E-state index contributed by atoms with van der Waals surface area (Å²) in [5.41, 5.74) is 0. The Bertz CT molecular complexity index is 672. The fraction of sp³-hybridized carbons (Fsp3) is 0.533. The first-order valence-electron chi connectivity index (χ1n) is 7.34. The van der Waals surface area contributed by atoms with Crippen molar-refractivity contribution in [2.45, 2.75) is 31.3 Å². The highest BCUT2D eigenvalue weighted by atomic mass is 32.2. The Morgan fingerprint density at radius 3 is 2.64 bits per heavy atom. The van der Waals surface area contributed by atoms with E-state index in [4.69, 9.17) is 4.74 Å². The highest BCUT2D eigenvalue weighted by Crippen LogP contribution is 2.32. The van der Waals surface area contributed by atoms with E-state index in [1.807, 2.05) is 0 Å². The van der Waals surface area contributed by atoms with E-state index in [2.05, 4.69) is 0 Å². The number of benzene rings is 1. The zero-order valence-electron chi connectivity index (χ0n) is 12.1. The number of ether oxygens (including phenoxy) is 1. The van der Waals surface area contributed by atoms with Crippen molar-refractivity contribution < 1.29 is 22.3 Å². The Labute approximate surface area is 129 Å². The average Bonchev–Trinajstić information content (AvgIpc) is 3.21. The van der Waals surface area contributed by atoms with Crippen molar-refractivity contribution in [3.8, 4) is 5.75 Å². The smallest absolute Gasteiger partial charge is 0.261 e. The SMILES string of the molecule is O=C(COc1cccc(F)c1)N(C1CC1)C1CCS(=O)(=O)C1. The molecule has 22 heavy (non-hydrogen) atoms. The van der Waals surface area contributed by atoms with E-state index in [-0.39, 0.29) is 36.1 Å². The molecule has 0 aromatic heterocycles. The summed E-state index contributed by atoms with van der Waals surface area (Å²) in [5, 5.41) is 0. The molecule has 1 amide bonds. The van der Waals surface area contributed by atoms with E-state index >= 15 is 0 Å². The fourth-order valence-electron chi connectivity index (χ4n) is 2.83. The van der Waals surface area contributed by atoms with E-state index in [1.165, 1.54) is 18.2 Å². The van der Waals surface area contributed by atoms with Crippen LogP contribution in [0.15, 0.2) is 24.3 Å². The summed E-state index contributed by atoms with van der Waals surface area (Å²) in [5.74, 6) is -0.184. The summed E-state index contributed by atoms with van der Waals surface area (Å²) in [6, 6.07) is 5.49. The first-order chi connectivity index (χ1) is 10.4. The molecule has 1 aliphatic heterocycles. The summed E-state index contributed by atoms with van der Waals surface area (Å²) < 4.78 is 41.6. The van der Waals surface area contributed by atoms with Crippen molar-refractivity contribution in [2.24, 2.45) is 0 Å². The molecule has 1 aromatic carbocycles. The number of sulfone groups is 1. The molecule has 3 rings (SSSR count). The Morgan fingerprint density at radius 2 is 2.05 bits per heavy atom. The van der Waals surface area contributed by atoms with Crippen LogP contribution in [0.3, 0.4) is 0 Å². The molecule has 0 radical (unpaired) electrons. The molecule has 7 heteroatoms. The molecule has 0 N–H and O–H groups in total. The maximum Gasteiger partial charge on any atom is 0.261 e. The van der Waals surface area contributed by atoms with Gasteiger partial charge in [-0.3, -0.25) is 4.79 Å². The standard InChI is InChI=1S/C15H18FNO4S/c16-11-2-1-3-14(8-11)21-9-15(18)17(12-4-5-12)13-6-7-22(19,20)10-13/h1-3,8,12-13H,4-7,9-10H2. The number of halogens is 1. The van der Waals surface area contributed by atoms with Gasteiger partial charge >= 0.3 is 0 Å². The first kappa shape index (κ1) is 15.3. The summed E-state index contributed by atoms with van der Waals surface area (Å²) in [6.45, 7) is -0.198. The third kappa shape index (κ3) is 3.58. The van der Waals surface area contributed by atoms with E-state index < -0.39 is 15.7 Å². The van der Waals surface area contributed by atoms with Gasteiger partial charge in [-0.25, -0.2) is 12.8 Å². The highest BCUT2D eigenvalue weighted by Gasteiger charge is 2.42. The highest BCUT2D eigenvalue weighted by molar-refractivity contribution is 7.91. The Morgan fingerprint density at radius 1 is 1.27 bits per heavy atom. The molecule has 0 bridgehead atoms. The van der Waals surface area contributed by atoms with Crippen LogP contribution in [-0.2, 0) is 14.6 Å². The zero-order chi connectivity index (χ0) is 15.7. The number of carbonyl (C=O) groups excluding carboxylic acids is 1. The van der Waals surface area contributed by atoms with E-state index in [9.17, 15) is 17.6 Å². The lowest BCUT2D eigenvalue weighted by Crippen LogP contribution is -2.45. The molecular formula is C15H18FNO4S. The second-order valence-corrected chi connectivity index (χ2v) is 8.06. The summed E-state index contributed by atoms with van der Waals surface area (Å²) in [7, 11) is -3.04. The largest absolute Gasteiger partial charge is 0.484 e. The van der Waals surface area contributed by atoms with Gasteiger partial charge in [0, 0.05) is 18.2 Å². The predicted molar refractivity (Wildman–Crippen MR) is 78.8 cm³/mol. The van der Waals surface area contributed by atoms with Crippen LogP contribution >= 0.6 is 0 Å². The van der Waals surface area contributed by atoms with Gasteiger partial charge in [-0.15, -0.1) is 0 Å². The molecular weight excluding hydrogens is 309 g/mol. The molecule has 120 valence electrons. The van der Waals surface area contributed by atoms with Crippen LogP contribution in [0.25, 0.3) is 0 Å². The van der Waals surface area contributed by atoms with Crippen LogP contribution in [-0.4, -0.2) is 49.4 Å². The Balaban J connectivity index is 1.63. The quantitative estimate of drug-likeness (QED) is 0.820. The fourth-order valence-corrected chi connectivity index (χ4v) is 4.54. The van der Waals surface area contributed by atoms with Gasteiger partial charge in [-0.2, -0.15) is 0 Å². The molecule has 5 nitrogen and oxygen atoms in total. The van der Waals surface area contributed by atoms with Gasteiger partial charge in [-0.05, 0) is 31.4 Å². The van der Waals surface area contributed by atoms with Gasteiger partial charge < -0.3 is 9.64 Å². The van der Waals surface area contributed by atoms with Crippen LogP contribution in [0.2, 0.25) is 0 Å². The second kappa shape index (κ2) is 5.87. The second-order valence-electron chi connectivity index (χ2n) is 5.84. The predicted octanol–water partition coefficient (Wildman–Crippen LogP) is 1.38. The van der Waals surface area contributed by atoms with Crippen molar-refractivity contribution in [1.29, 1.82) is 0 Å². The van der Waals surface area contributed by atoms with Crippen molar-refractivity contribution >= 4 is 15.7 Å². The first-order valence-corrected chi connectivity index (χ1v) is 9.17. The van der Waals surface area contributed by atoms with Crippen LogP contribution in [0, 0.1) is 5.82 Å². The van der Waals surface area contributed by atoms with Gasteiger partial charge in [0.2, 0.25) is 0 Å². The summed E-state index contributed by atoms with van der Waals surface area (Å²) in [4.78, 5) is 14.1. The van der Waals surface area contributed by atoms with Crippen LogP contribution in [0.4, 0.5) is 4.39 Å². The maximum atomic E-state index is 13.1. The molecule has 1 aromatic rings. The van der Waals surface area contributed by atoms with Crippen LogP contribution < -0.4 is 4.74 Å². The number of carbonyl (C=O) groups is 1. The van der Waals surface area contributed by atoms with Gasteiger partial charge in [0.25, 0.3) is 5.91 Å².